The van der Waals surface area contributed by atoms with Crippen molar-refractivity contribution in [2.45, 2.75) is 0 Å². The maximum absolute atomic E-state index is 4.01. The van der Waals surface area contributed by atoms with Gasteiger partial charge in [0.25, 0.3) is 0 Å². The molecule has 0 aromatic carbocycles. The van der Waals surface area contributed by atoms with Crippen molar-refractivity contribution in [3.05, 3.63) is 6.33 Å². The van der Waals surface area contributed by atoms with Crippen LogP contribution in [0.1, 0.15) is 0 Å². The van der Waals surface area contributed by atoms with Crippen LogP contribution in [0.15, 0.2) is 11.3 Å². The molecule has 10 heavy (non-hydrogen) atoms. The maximum atomic E-state index is 4.01. The van der Waals surface area contributed by atoms with Gasteiger partial charge in [-0.3, -0.25) is 0 Å². The maximum Gasteiger partial charge on any atom is 0.230 e. The molecule has 0 saturated carbocycles. The van der Waals surface area contributed by atoms with E-state index in [0.717, 1.165) is 0 Å². The zero-order valence-corrected chi connectivity index (χ0v) is 6.67. The summed E-state index contributed by atoms with van der Waals surface area (Å²) in [5, 5.41) is 0.689. The lowest BCUT2D eigenvalue weighted by atomic mass is 10.9. The molecule has 0 bridgehead atoms. The van der Waals surface area contributed by atoms with Crippen LogP contribution >= 0.6 is 11.5 Å². The summed E-state index contributed by atoms with van der Waals surface area (Å²) in [6.45, 7) is 0. The van der Waals surface area contributed by atoms with Crippen LogP contribution in [0.5, 0.6) is 0 Å². The number of rotatable bonds is 2. The van der Waals surface area contributed by atoms with Crippen LogP contribution in [0.3, 0.4) is 0 Å². The fraction of sp³-hybridized carbons (Fsp3) is 0.400. The monoisotopic (exact) mass is 156 g/mol. The lowest BCUT2D eigenvalue weighted by molar-refractivity contribution is 0.643. The van der Waals surface area contributed by atoms with Gasteiger partial charge in [0, 0.05) is 25.6 Å². The minimum atomic E-state index is 0.689. The number of nitrogens with zero attached hydrogens (tertiary/aromatic N) is 4. The summed E-state index contributed by atoms with van der Waals surface area (Å²) >= 11 is 1.28. The molecule has 0 unspecified atom stereocenters. The van der Waals surface area contributed by atoms with Crippen LogP contribution in [-0.2, 0) is 0 Å². The predicted octanol–water partition coefficient (Wildman–Crippen LogP) is 0.759. The van der Waals surface area contributed by atoms with Crippen molar-refractivity contribution in [1.82, 2.24) is 14.3 Å². The number of aromatic nitrogens is 2. The first-order valence-corrected chi connectivity index (χ1v) is 3.53. The van der Waals surface area contributed by atoms with Crippen molar-refractivity contribution in [3.8, 4) is 0 Å². The Balaban J connectivity index is 2.55. The quantitative estimate of drug-likeness (QED) is 0.469. The summed E-state index contributed by atoms with van der Waals surface area (Å²) in [6, 6.07) is 0. The zero-order valence-electron chi connectivity index (χ0n) is 5.85. The first-order chi connectivity index (χ1) is 4.79. The van der Waals surface area contributed by atoms with Crippen molar-refractivity contribution < 1.29 is 0 Å². The van der Waals surface area contributed by atoms with Crippen LogP contribution < -0.4 is 0 Å². The van der Waals surface area contributed by atoms with E-state index in [0.29, 0.717) is 5.13 Å². The Morgan fingerprint density at radius 2 is 2.50 bits per heavy atom. The summed E-state index contributed by atoms with van der Waals surface area (Å²) in [5.74, 6) is 0. The molecule has 0 saturated heterocycles. The van der Waals surface area contributed by atoms with E-state index in [2.05, 4.69) is 14.3 Å². The van der Waals surface area contributed by atoms with Gasteiger partial charge in [-0.1, -0.05) is 0 Å². The van der Waals surface area contributed by atoms with Crippen molar-refractivity contribution in [1.29, 1.82) is 0 Å². The summed E-state index contributed by atoms with van der Waals surface area (Å²) < 4.78 is 3.80. The Labute approximate surface area is 63.4 Å². The van der Waals surface area contributed by atoms with Gasteiger partial charge in [-0.05, 0) is 0 Å². The molecule has 0 aliphatic heterocycles. The summed E-state index contributed by atoms with van der Waals surface area (Å²) in [5.41, 5.74) is 0. The highest BCUT2D eigenvalue weighted by Gasteiger charge is 1.88. The van der Waals surface area contributed by atoms with Gasteiger partial charge in [0.1, 0.15) is 6.33 Å². The second-order valence-electron chi connectivity index (χ2n) is 1.93. The molecule has 5 heteroatoms. The third-order valence-corrected chi connectivity index (χ3v) is 1.32. The summed E-state index contributed by atoms with van der Waals surface area (Å²) in [7, 11) is 3.81. The highest BCUT2D eigenvalue weighted by atomic mass is 32.1. The number of hydrogen-bond donors (Lipinski definition) is 0. The van der Waals surface area contributed by atoms with E-state index in [9.17, 15) is 0 Å². The van der Waals surface area contributed by atoms with Gasteiger partial charge in [-0.25, -0.2) is 9.98 Å². The molecule has 4 nitrogen and oxygen atoms in total. The van der Waals surface area contributed by atoms with Gasteiger partial charge in [-0.2, -0.15) is 4.37 Å². The molecular weight excluding hydrogens is 148 g/mol. The molecule has 0 N–H and O–H groups in total. The van der Waals surface area contributed by atoms with Crippen LogP contribution in [0, 0.1) is 0 Å². The molecule has 1 heterocycles. The van der Waals surface area contributed by atoms with Gasteiger partial charge in [-0.15, -0.1) is 0 Å². The van der Waals surface area contributed by atoms with Crippen molar-refractivity contribution >= 4 is 23.0 Å². The zero-order chi connectivity index (χ0) is 7.40. The van der Waals surface area contributed by atoms with Gasteiger partial charge < -0.3 is 4.90 Å². The first kappa shape index (κ1) is 7.14. The second-order valence-corrected chi connectivity index (χ2v) is 2.69. The smallest absolute Gasteiger partial charge is 0.230 e. The molecule has 1 rings (SSSR count). The molecule has 1 aromatic heterocycles. The Kier molecular flexibility index (Phi) is 2.33. The van der Waals surface area contributed by atoms with Crippen molar-refractivity contribution in [2.24, 2.45) is 4.99 Å². The van der Waals surface area contributed by atoms with E-state index in [1.54, 1.807) is 6.34 Å². The second kappa shape index (κ2) is 3.26. The third-order valence-electron chi connectivity index (χ3n) is 0.749. The Hall–Kier alpha value is -0.970. The molecule has 1 aromatic rings. The van der Waals surface area contributed by atoms with Crippen molar-refractivity contribution in [2.75, 3.05) is 14.1 Å². The first-order valence-electron chi connectivity index (χ1n) is 2.76. The lowest BCUT2D eigenvalue weighted by Gasteiger charge is -1.99. The SMILES string of the molecule is CN(C)C=Nc1ncns1. The lowest BCUT2D eigenvalue weighted by Crippen LogP contribution is -2.06. The topological polar surface area (TPSA) is 41.4 Å². The van der Waals surface area contributed by atoms with Crippen molar-refractivity contribution in [3.63, 3.8) is 0 Å². The Bertz CT molecular complexity index is 203. The molecule has 0 atom stereocenters. The fourth-order valence-electron chi connectivity index (χ4n) is 0.389. The Morgan fingerprint density at radius 3 is 3.00 bits per heavy atom. The Morgan fingerprint density at radius 1 is 1.70 bits per heavy atom. The van der Waals surface area contributed by atoms with Crippen LogP contribution in [0.2, 0.25) is 0 Å². The van der Waals surface area contributed by atoms with E-state index in [4.69, 9.17) is 0 Å². The van der Waals surface area contributed by atoms with Crippen LogP contribution in [-0.4, -0.2) is 34.7 Å². The van der Waals surface area contributed by atoms with Gasteiger partial charge in [0.15, 0.2) is 0 Å². The molecule has 54 valence electrons. The molecule has 0 radical (unpaired) electrons. The van der Waals surface area contributed by atoms with Gasteiger partial charge in [0.2, 0.25) is 5.13 Å². The third kappa shape index (κ3) is 2.10. The highest BCUT2D eigenvalue weighted by Crippen LogP contribution is 2.09. The van der Waals surface area contributed by atoms with E-state index < -0.39 is 0 Å². The number of hydrogen-bond acceptors (Lipinski definition) is 4. The molecular formula is C5H8N4S. The predicted molar refractivity (Wildman–Crippen MR) is 41.7 cm³/mol. The normalized spacial score (nSPS) is 10.6. The molecule has 0 aliphatic carbocycles. The molecule has 0 spiro atoms. The standard InChI is InChI=1S/C5H8N4S/c1-9(2)4-7-5-6-3-8-10-5/h3-4H,1-2H3. The average molecular weight is 156 g/mol. The summed E-state index contributed by atoms with van der Waals surface area (Å²) in [4.78, 5) is 9.73. The average Bonchev–Trinajstić information content (AvgIpc) is 2.34. The van der Waals surface area contributed by atoms with Gasteiger partial charge >= 0.3 is 0 Å². The number of aliphatic imine (C=N–C) groups is 1. The van der Waals surface area contributed by atoms with E-state index in [-0.39, 0.29) is 0 Å². The van der Waals surface area contributed by atoms with E-state index >= 15 is 0 Å². The van der Waals surface area contributed by atoms with E-state index in [1.165, 1.54) is 17.9 Å². The molecule has 0 fully saturated rings. The van der Waals surface area contributed by atoms with Gasteiger partial charge in [0.05, 0.1) is 6.34 Å². The molecule has 0 amide bonds. The fourth-order valence-corrected chi connectivity index (χ4v) is 0.766. The van der Waals surface area contributed by atoms with E-state index in [1.807, 2.05) is 19.0 Å². The summed E-state index contributed by atoms with van der Waals surface area (Å²) in [6.07, 6.45) is 3.19. The minimum absolute atomic E-state index is 0.689. The highest BCUT2D eigenvalue weighted by molar-refractivity contribution is 7.09. The largest absolute Gasteiger partial charge is 0.369 e. The minimum Gasteiger partial charge on any atom is -0.369 e. The van der Waals surface area contributed by atoms with Crippen LogP contribution in [0.25, 0.3) is 0 Å². The van der Waals surface area contributed by atoms with Crippen LogP contribution in [0.4, 0.5) is 5.13 Å². The molecule has 0 aliphatic rings.